The second-order valence-corrected chi connectivity index (χ2v) is 5.84. The highest BCUT2D eigenvalue weighted by molar-refractivity contribution is 5.86. The Kier molecular flexibility index (Phi) is 11.3. The molecule has 1 unspecified atom stereocenters. The van der Waals surface area contributed by atoms with Gasteiger partial charge in [0.1, 0.15) is 12.0 Å². The Hall–Kier alpha value is -3.28. The summed E-state index contributed by atoms with van der Waals surface area (Å²) in [5.41, 5.74) is 1.50. The molecule has 29 heavy (non-hydrogen) atoms. The molecule has 0 saturated heterocycles. The number of benzene rings is 1. The highest BCUT2D eigenvalue weighted by Gasteiger charge is 2.11. The minimum Gasteiger partial charge on any atom is -0.484 e. The molecule has 1 aliphatic carbocycles. The van der Waals surface area contributed by atoms with E-state index in [2.05, 4.69) is 40.1 Å². The molecule has 156 valence electrons. The van der Waals surface area contributed by atoms with E-state index in [1.807, 2.05) is 32.1 Å². The van der Waals surface area contributed by atoms with Crippen molar-refractivity contribution in [2.75, 3.05) is 13.7 Å². The van der Waals surface area contributed by atoms with Crippen molar-refractivity contribution in [3.63, 3.8) is 0 Å². The molecule has 0 saturated carbocycles. The maximum absolute atomic E-state index is 11.1. The van der Waals surface area contributed by atoms with E-state index >= 15 is 0 Å². The van der Waals surface area contributed by atoms with E-state index in [-0.39, 0.29) is 18.1 Å². The molecule has 1 aliphatic rings. The normalized spacial score (nSPS) is 14.7. The standard InChI is InChI=1S/C16H19NO2.C5H4O3.C2H6/c1-17-16(18)12-19-15-9-5-8-14(10-11-15)13-6-3-2-4-7-13;6-5(7)4-1-2-8-3-4;1-2/h2-4,6-7,9-11,14H,5,8,12H2,1H3,(H,17,18);1-3H,(H,6,7);1-2H3. The van der Waals surface area contributed by atoms with E-state index in [1.165, 1.54) is 24.2 Å². The second-order valence-electron chi connectivity index (χ2n) is 5.84. The zero-order valence-corrected chi connectivity index (χ0v) is 17.1. The van der Waals surface area contributed by atoms with Crippen molar-refractivity contribution in [1.82, 2.24) is 5.32 Å². The van der Waals surface area contributed by atoms with E-state index in [4.69, 9.17) is 9.84 Å². The van der Waals surface area contributed by atoms with Crippen LogP contribution in [0.5, 0.6) is 0 Å². The number of carboxylic acid groups (broad SMARTS) is 1. The SMILES string of the molecule is CC.CNC(=O)COC1=CCCC(c2ccccc2)C=C1.O=C(O)c1ccoc1. The molecule has 0 fully saturated rings. The Morgan fingerprint density at radius 2 is 1.93 bits per heavy atom. The zero-order chi connectivity index (χ0) is 21.5. The van der Waals surface area contributed by atoms with Gasteiger partial charge in [-0.3, -0.25) is 4.79 Å². The third-order valence-corrected chi connectivity index (χ3v) is 3.96. The van der Waals surface area contributed by atoms with E-state index in [0.29, 0.717) is 5.92 Å². The smallest absolute Gasteiger partial charge is 0.338 e. The molecular weight excluding hydrogens is 370 g/mol. The summed E-state index contributed by atoms with van der Waals surface area (Å²) in [5, 5.41) is 10.8. The van der Waals surface area contributed by atoms with E-state index in [0.717, 1.165) is 18.6 Å². The second kappa shape index (κ2) is 13.8. The van der Waals surface area contributed by atoms with Crippen LogP contribution in [0.2, 0.25) is 0 Å². The molecule has 1 aromatic carbocycles. The fourth-order valence-electron chi connectivity index (χ4n) is 2.47. The quantitative estimate of drug-likeness (QED) is 0.756. The van der Waals surface area contributed by atoms with Gasteiger partial charge in [-0.25, -0.2) is 4.79 Å². The van der Waals surface area contributed by atoms with Crippen LogP contribution in [0, 0.1) is 0 Å². The van der Waals surface area contributed by atoms with E-state index < -0.39 is 5.97 Å². The minimum absolute atomic E-state index is 0.0721. The molecule has 1 aromatic heterocycles. The Balaban J connectivity index is 0.000000351. The van der Waals surface area contributed by atoms with Gasteiger partial charge in [0, 0.05) is 13.0 Å². The third-order valence-electron chi connectivity index (χ3n) is 3.96. The van der Waals surface area contributed by atoms with Gasteiger partial charge in [0.2, 0.25) is 0 Å². The van der Waals surface area contributed by atoms with Crippen molar-refractivity contribution in [2.45, 2.75) is 32.6 Å². The van der Waals surface area contributed by atoms with Gasteiger partial charge in [-0.2, -0.15) is 0 Å². The number of carbonyl (C=O) groups excluding carboxylic acids is 1. The molecule has 0 aliphatic heterocycles. The molecule has 6 nitrogen and oxygen atoms in total. The number of allylic oxidation sites excluding steroid dienone is 3. The topological polar surface area (TPSA) is 88.8 Å². The van der Waals surface area contributed by atoms with Crippen LogP contribution < -0.4 is 5.32 Å². The van der Waals surface area contributed by atoms with Crippen molar-refractivity contribution in [3.8, 4) is 0 Å². The number of hydrogen-bond donors (Lipinski definition) is 2. The number of furan rings is 1. The maximum Gasteiger partial charge on any atom is 0.338 e. The third kappa shape index (κ3) is 8.97. The van der Waals surface area contributed by atoms with Crippen molar-refractivity contribution in [3.05, 3.63) is 84.0 Å². The first-order valence-electron chi connectivity index (χ1n) is 9.62. The first-order chi connectivity index (χ1) is 14.1. The summed E-state index contributed by atoms with van der Waals surface area (Å²) in [6.45, 7) is 4.07. The van der Waals surface area contributed by atoms with Crippen LogP contribution in [-0.2, 0) is 9.53 Å². The molecule has 1 heterocycles. The van der Waals surface area contributed by atoms with Gasteiger partial charge in [-0.05, 0) is 36.6 Å². The van der Waals surface area contributed by atoms with Crippen LogP contribution in [0.15, 0.2) is 77.3 Å². The molecule has 2 N–H and O–H groups in total. The summed E-state index contributed by atoms with van der Waals surface area (Å²) in [4.78, 5) is 21.1. The molecular formula is C23H29NO5. The summed E-state index contributed by atoms with van der Waals surface area (Å²) < 4.78 is 9.96. The fourth-order valence-corrected chi connectivity index (χ4v) is 2.47. The average Bonchev–Trinajstić information content (AvgIpc) is 3.21. The maximum atomic E-state index is 11.1. The minimum atomic E-state index is -0.959. The number of hydrogen-bond acceptors (Lipinski definition) is 4. The lowest BCUT2D eigenvalue weighted by molar-refractivity contribution is -0.123. The summed E-state index contributed by atoms with van der Waals surface area (Å²) in [5.74, 6) is 0.123. The average molecular weight is 399 g/mol. The molecule has 2 aromatic rings. The first-order valence-corrected chi connectivity index (χ1v) is 9.62. The van der Waals surface area contributed by atoms with Crippen LogP contribution >= 0.6 is 0 Å². The Bertz CT molecular complexity index is 779. The molecule has 3 rings (SSSR count). The number of carboxylic acids is 1. The Morgan fingerprint density at radius 1 is 1.21 bits per heavy atom. The van der Waals surface area contributed by atoms with Crippen molar-refractivity contribution < 1.29 is 23.8 Å². The molecule has 0 radical (unpaired) electrons. The van der Waals surface area contributed by atoms with Gasteiger partial charge in [-0.1, -0.05) is 50.3 Å². The largest absolute Gasteiger partial charge is 0.484 e. The van der Waals surface area contributed by atoms with Crippen LogP contribution in [0.3, 0.4) is 0 Å². The highest BCUT2D eigenvalue weighted by Crippen LogP contribution is 2.26. The molecule has 6 heteroatoms. The highest BCUT2D eigenvalue weighted by atomic mass is 16.5. The number of aromatic carboxylic acids is 1. The van der Waals surface area contributed by atoms with E-state index in [9.17, 15) is 9.59 Å². The predicted octanol–water partition coefficient (Wildman–Crippen LogP) is 4.77. The number of likely N-dealkylation sites (N-methyl/N-ethyl adjacent to an activating group) is 1. The van der Waals surface area contributed by atoms with Crippen molar-refractivity contribution in [1.29, 1.82) is 0 Å². The molecule has 1 atom stereocenters. The number of ether oxygens (including phenoxy) is 1. The van der Waals surface area contributed by atoms with Gasteiger partial charge >= 0.3 is 5.97 Å². The van der Waals surface area contributed by atoms with Gasteiger partial charge < -0.3 is 19.6 Å². The Morgan fingerprint density at radius 3 is 2.48 bits per heavy atom. The van der Waals surface area contributed by atoms with Gasteiger partial charge in [-0.15, -0.1) is 0 Å². The summed E-state index contributed by atoms with van der Waals surface area (Å²) >= 11 is 0. The molecule has 1 amide bonds. The fraction of sp³-hybridized carbons (Fsp3) is 0.304. The lowest BCUT2D eigenvalue weighted by atomic mass is 9.95. The van der Waals surface area contributed by atoms with Crippen LogP contribution in [-0.4, -0.2) is 30.6 Å². The molecule has 0 bridgehead atoms. The lowest BCUT2D eigenvalue weighted by Crippen LogP contribution is -2.22. The van der Waals surface area contributed by atoms with Crippen molar-refractivity contribution in [2.24, 2.45) is 0 Å². The van der Waals surface area contributed by atoms with Crippen molar-refractivity contribution >= 4 is 11.9 Å². The lowest BCUT2D eigenvalue weighted by Gasteiger charge is -2.10. The van der Waals surface area contributed by atoms with Gasteiger partial charge in [0.15, 0.2) is 6.61 Å². The van der Waals surface area contributed by atoms with Crippen LogP contribution in [0.25, 0.3) is 0 Å². The number of amides is 1. The zero-order valence-electron chi connectivity index (χ0n) is 17.1. The Labute approximate surface area is 171 Å². The van der Waals surface area contributed by atoms with Gasteiger partial charge in [0.25, 0.3) is 5.91 Å². The predicted molar refractivity (Wildman–Crippen MR) is 113 cm³/mol. The number of nitrogens with one attached hydrogen (secondary N) is 1. The number of rotatable bonds is 5. The molecule has 0 spiro atoms. The monoisotopic (exact) mass is 399 g/mol. The number of carbonyl (C=O) groups is 2. The van der Waals surface area contributed by atoms with Gasteiger partial charge in [0.05, 0.1) is 11.8 Å². The summed E-state index contributed by atoms with van der Waals surface area (Å²) in [6, 6.07) is 11.8. The van der Waals surface area contributed by atoms with Crippen LogP contribution in [0.1, 0.15) is 48.5 Å². The summed E-state index contributed by atoms with van der Waals surface area (Å²) in [7, 11) is 1.61. The summed E-state index contributed by atoms with van der Waals surface area (Å²) in [6.07, 6.45) is 10.7. The first kappa shape index (κ1) is 23.8. The van der Waals surface area contributed by atoms with Crippen LogP contribution in [0.4, 0.5) is 0 Å². The van der Waals surface area contributed by atoms with E-state index in [1.54, 1.807) is 7.05 Å².